The van der Waals surface area contributed by atoms with E-state index in [1.54, 1.807) is 0 Å². The lowest BCUT2D eigenvalue weighted by atomic mass is 9.95. The first-order valence-corrected chi connectivity index (χ1v) is 4.20. The highest BCUT2D eigenvalue weighted by Gasteiger charge is 2.46. The third-order valence-corrected chi connectivity index (χ3v) is 2.65. The second kappa shape index (κ2) is 2.83. The van der Waals surface area contributed by atoms with Crippen LogP contribution in [0.5, 0.6) is 0 Å². The first-order valence-electron chi connectivity index (χ1n) is 4.20. The van der Waals surface area contributed by atoms with Crippen LogP contribution in [-0.4, -0.2) is 63.7 Å². The number of amides is 2. The zero-order valence-corrected chi connectivity index (χ0v) is 6.92. The molecule has 2 heterocycles. The zero-order valence-electron chi connectivity index (χ0n) is 6.92. The predicted octanol–water partition coefficient (Wildman–Crippen LogP) is -2.52. The molecule has 2 rings (SSSR count). The van der Waals surface area contributed by atoms with Gasteiger partial charge in [-0.2, -0.15) is 0 Å². The first kappa shape index (κ1) is 8.74. The lowest BCUT2D eigenvalue weighted by Gasteiger charge is -2.38. The maximum atomic E-state index is 11.1. The largest absolute Gasteiger partial charge is 0.388 e. The number of hydrogen-bond donors (Lipinski definition) is 4. The number of carbonyl (C=O) groups is 1. The van der Waals surface area contributed by atoms with Crippen LogP contribution in [0.1, 0.15) is 0 Å². The number of nitrogens with one attached hydrogen (secondary N) is 1. The summed E-state index contributed by atoms with van der Waals surface area (Å²) in [5, 5.41) is 30.6. The van der Waals surface area contributed by atoms with Gasteiger partial charge >= 0.3 is 6.03 Å². The fraction of sp³-hybridized carbons (Fsp3) is 0.857. The number of rotatable bonds is 0. The zero-order chi connectivity index (χ0) is 9.59. The molecule has 0 aliphatic carbocycles. The maximum absolute atomic E-state index is 11.1. The van der Waals surface area contributed by atoms with E-state index in [-0.39, 0.29) is 12.6 Å². The highest BCUT2D eigenvalue weighted by molar-refractivity contribution is 5.77. The van der Waals surface area contributed by atoms with Crippen molar-refractivity contribution >= 4 is 6.03 Å². The number of nitrogens with zero attached hydrogens (tertiary/aromatic N) is 1. The summed E-state index contributed by atoms with van der Waals surface area (Å²) in [4.78, 5) is 12.5. The Labute approximate surface area is 74.8 Å². The van der Waals surface area contributed by atoms with Gasteiger partial charge < -0.3 is 25.5 Å². The van der Waals surface area contributed by atoms with Crippen LogP contribution in [0.25, 0.3) is 0 Å². The average Bonchev–Trinajstić information content (AvgIpc) is 2.45. The van der Waals surface area contributed by atoms with Crippen LogP contribution in [0.2, 0.25) is 0 Å². The molecular weight excluding hydrogens is 176 g/mol. The van der Waals surface area contributed by atoms with Crippen molar-refractivity contribution in [1.82, 2.24) is 10.2 Å². The third kappa shape index (κ3) is 1.18. The van der Waals surface area contributed by atoms with E-state index in [0.717, 1.165) is 0 Å². The summed E-state index contributed by atoms with van der Waals surface area (Å²) in [6.07, 6.45) is -3.29. The lowest BCUT2D eigenvalue weighted by Crippen LogP contribution is -2.60. The standard InChI is InChI=1S/C7H12N2O4/c10-4-2-9-3(1-8-7(9)13)5(11)6(4)12/h3-6,10-12H,1-2H2,(H,8,13)/t3-,4+,5-,6-/m1/s1. The van der Waals surface area contributed by atoms with E-state index in [1.807, 2.05) is 0 Å². The molecule has 2 aliphatic rings. The molecule has 2 fully saturated rings. The summed E-state index contributed by atoms with van der Waals surface area (Å²) in [5.41, 5.74) is 0. The van der Waals surface area contributed by atoms with Crippen LogP contribution in [0.4, 0.5) is 4.79 Å². The molecule has 6 nitrogen and oxygen atoms in total. The van der Waals surface area contributed by atoms with Crippen molar-refractivity contribution in [2.45, 2.75) is 24.4 Å². The van der Waals surface area contributed by atoms with E-state index < -0.39 is 24.4 Å². The predicted molar refractivity (Wildman–Crippen MR) is 41.9 cm³/mol. The number of aliphatic hydroxyl groups excluding tert-OH is 3. The number of aliphatic hydroxyl groups is 3. The Balaban J connectivity index is 2.18. The normalized spacial score (nSPS) is 44.5. The molecule has 4 N–H and O–H groups in total. The van der Waals surface area contributed by atoms with Gasteiger partial charge in [-0.25, -0.2) is 4.79 Å². The Morgan fingerprint density at radius 3 is 2.69 bits per heavy atom. The van der Waals surface area contributed by atoms with Gasteiger partial charge in [-0.1, -0.05) is 0 Å². The second-order valence-electron chi connectivity index (χ2n) is 3.45. The van der Waals surface area contributed by atoms with Crippen molar-refractivity contribution in [3.05, 3.63) is 0 Å². The highest BCUT2D eigenvalue weighted by Crippen LogP contribution is 2.21. The summed E-state index contributed by atoms with van der Waals surface area (Å²) < 4.78 is 0. The topological polar surface area (TPSA) is 93.0 Å². The molecule has 74 valence electrons. The first-order chi connectivity index (χ1) is 6.11. The van der Waals surface area contributed by atoms with Gasteiger partial charge in [-0.15, -0.1) is 0 Å². The Hall–Kier alpha value is -0.850. The van der Waals surface area contributed by atoms with Gasteiger partial charge in [0.25, 0.3) is 0 Å². The monoisotopic (exact) mass is 188 g/mol. The summed E-state index contributed by atoms with van der Waals surface area (Å²) in [6, 6.07) is -0.708. The van der Waals surface area contributed by atoms with Gasteiger partial charge in [0.1, 0.15) is 18.3 Å². The van der Waals surface area contributed by atoms with E-state index in [1.165, 1.54) is 4.90 Å². The quantitative estimate of drug-likeness (QED) is 0.337. The summed E-state index contributed by atoms with van der Waals surface area (Å²) in [7, 11) is 0. The minimum absolute atomic E-state index is 0.0781. The van der Waals surface area contributed by atoms with E-state index in [2.05, 4.69) is 5.32 Å². The van der Waals surface area contributed by atoms with Crippen molar-refractivity contribution in [2.24, 2.45) is 0 Å². The smallest absolute Gasteiger partial charge is 0.317 e. The molecule has 0 saturated carbocycles. The van der Waals surface area contributed by atoms with E-state index in [4.69, 9.17) is 0 Å². The van der Waals surface area contributed by atoms with Crippen LogP contribution >= 0.6 is 0 Å². The van der Waals surface area contributed by atoms with Crippen molar-refractivity contribution in [2.75, 3.05) is 13.1 Å². The molecule has 4 atom stereocenters. The molecule has 2 aliphatic heterocycles. The van der Waals surface area contributed by atoms with Crippen LogP contribution in [-0.2, 0) is 0 Å². The fourth-order valence-electron chi connectivity index (χ4n) is 1.84. The van der Waals surface area contributed by atoms with Crippen molar-refractivity contribution in [1.29, 1.82) is 0 Å². The van der Waals surface area contributed by atoms with E-state index in [9.17, 15) is 20.1 Å². The molecule has 0 aromatic rings. The number of fused-ring (bicyclic) bond motifs is 1. The maximum Gasteiger partial charge on any atom is 0.317 e. The molecule has 0 aromatic carbocycles. The van der Waals surface area contributed by atoms with Crippen LogP contribution < -0.4 is 5.32 Å². The number of piperidine rings is 1. The number of hydrogen-bond acceptors (Lipinski definition) is 4. The SMILES string of the molecule is O=C1NC[C@@H]2[C@@H](O)[C@H](O)[C@@H](O)CN12. The van der Waals surface area contributed by atoms with Gasteiger partial charge in [0.15, 0.2) is 0 Å². The Morgan fingerprint density at radius 2 is 2.00 bits per heavy atom. The second-order valence-corrected chi connectivity index (χ2v) is 3.45. The molecule has 2 saturated heterocycles. The molecular formula is C7H12N2O4. The Bertz CT molecular complexity index is 235. The van der Waals surface area contributed by atoms with Gasteiger partial charge in [-0.3, -0.25) is 0 Å². The van der Waals surface area contributed by atoms with Crippen molar-refractivity contribution < 1.29 is 20.1 Å². The summed E-state index contributed by atoms with van der Waals surface area (Å²) >= 11 is 0. The van der Waals surface area contributed by atoms with Gasteiger partial charge in [-0.05, 0) is 0 Å². The molecule has 0 aromatic heterocycles. The Morgan fingerprint density at radius 1 is 1.31 bits per heavy atom. The number of carbonyl (C=O) groups excluding carboxylic acids is 1. The Kier molecular flexibility index (Phi) is 1.90. The van der Waals surface area contributed by atoms with Crippen LogP contribution in [0, 0.1) is 0 Å². The average molecular weight is 188 g/mol. The minimum Gasteiger partial charge on any atom is -0.388 e. The highest BCUT2D eigenvalue weighted by atomic mass is 16.4. The third-order valence-electron chi connectivity index (χ3n) is 2.65. The molecule has 13 heavy (non-hydrogen) atoms. The van der Waals surface area contributed by atoms with Crippen LogP contribution in [0.15, 0.2) is 0 Å². The van der Waals surface area contributed by atoms with E-state index >= 15 is 0 Å². The summed E-state index contributed by atoms with van der Waals surface area (Å²) in [6.45, 7) is 0.401. The lowest BCUT2D eigenvalue weighted by molar-refractivity contribution is -0.117. The molecule has 6 heteroatoms. The summed E-state index contributed by atoms with van der Waals surface area (Å²) in [5.74, 6) is 0. The molecule has 0 unspecified atom stereocenters. The fourth-order valence-corrected chi connectivity index (χ4v) is 1.84. The van der Waals surface area contributed by atoms with Crippen molar-refractivity contribution in [3.63, 3.8) is 0 Å². The van der Waals surface area contributed by atoms with E-state index in [0.29, 0.717) is 6.54 Å². The van der Waals surface area contributed by atoms with Gasteiger partial charge in [0, 0.05) is 6.54 Å². The van der Waals surface area contributed by atoms with Gasteiger partial charge in [0.2, 0.25) is 0 Å². The van der Waals surface area contributed by atoms with Gasteiger partial charge in [0.05, 0.1) is 12.6 Å². The molecule has 2 amide bonds. The van der Waals surface area contributed by atoms with Crippen LogP contribution in [0.3, 0.4) is 0 Å². The van der Waals surface area contributed by atoms with Crippen molar-refractivity contribution in [3.8, 4) is 0 Å². The molecule has 0 bridgehead atoms. The molecule has 0 spiro atoms. The minimum atomic E-state index is -1.16. The molecule has 0 radical (unpaired) electrons. The number of urea groups is 1.